The molecular weight excluding hydrogens is 368 g/mol. The minimum atomic E-state index is -3.52. The monoisotopic (exact) mass is 394 g/mol. The summed E-state index contributed by atoms with van der Waals surface area (Å²) in [6.07, 6.45) is 7.11. The summed E-state index contributed by atoms with van der Waals surface area (Å²) in [6.45, 7) is 4.38. The molecular formula is C18H26N4O4S. The molecule has 1 aliphatic heterocycles. The molecule has 0 radical (unpaired) electrons. The summed E-state index contributed by atoms with van der Waals surface area (Å²) in [5.74, 6) is 1.03. The number of nitrogens with zero attached hydrogens (tertiary/aromatic N) is 4. The summed E-state index contributed by atoms with van der Waals surface area (Å²) in [5, 5.41) is 0. The second-order valence-electron chi connectivity index (χ2n) is 7.29. The molecule has 2 aliphatic rings. The summed E-state index contributed by atoms with van der Waals surface area (Å²) in [5.41, 5.74) is 1.39. The van der Waals surface area contributed by atoms with Crippen LogP contribution in [-0.4, -0.2) is 55.5 Å². The van der Waals surface area contributed by atoms with E-state index < -0.39 is 16.1 Å². The number of hydrogen-bond donors (Lipinski definition) is 0. The average Bonchev–Trinajstić information content (AvgIpc) is 3.36. The first kappa shape index (κ1) is 19.6. The summed E-state index contributed by atoms with van der Waals surface area (Å²) >= 11 is 0. The highest BCUT2D eigenvalue weighted by Crippen LogP contribution is 2.35. The first-order valence-corrected chi connectivity index (χ1v) is 10.9. The lowest BCUT2D eigenvalue weighted by atomic mass is 9.97. The van der Waals surface area contributed by atoms with E-state index in [2.05, 4.69) is 9.97 Å². The van der Waals surface area contributed by atoms with Crippen LogP contribution in [0.1, 0.15) is 44.8 Å². The molecule has 1 aliphatic carbocycles. The van der Waals surface area contributed by atoms with Crippen molar-refractivity contribution in [3.63, 3.8) is 0 Å². The highest BCUT2D eigenvalue weighted by molar-refractivity contribution is 7.92. The minimum Gasteiger partial charge on any atom is -0.490 e. The molecule has 1 unspecified atom stereocenters. The highest BCUT2D eigenvalue weighted by Gasteiger charge is 2.33. The van der Waals surface area contributed by atoms with E-state index in [-0.39, 0.29) is 18.3 Å². The predicted octanol–water partition coefficient (Wildman–Crippen LogP) is 1.90. The third-order valence-electron chi connectivity index (χ3n) is 4.70. The van der Waals surface area contributed by atoms with Gasteiger partial charge in [0.25, 0.3) is 0 Å². The van der Waals surface area contributed by atoms with Gasteiger partial charge in [-0.2, -0.15) is 0 Å². The van der Waals surface area contributed by atoms with Gasteiger partial charge in [-0.05, 0) is 44.4 Å². The third-order valence-corrected chi connectivity index (χ3v) is 5.92. The molecule has 148 valence electrons. The molecule has 1 aromatic rings. The Hall–Kier alpha value is -2.16. The Morgan fingerprint density at radius 1 is 1.37 bits per heavy atom. The molecule has 1 fully saturated rings. The lowest BCUT2D eigenvalue weighted by Gasteiger charge is -2.31. The van der Waals surface area contributed by atoms with Crippen molar-refractivity contribution in [1.29, 1.82) is 0 Å². The number of Topliss-reactive ketones (excluding diaryl/α,β-unsaturated/α-hetero) is 1. The van der Waals surface area contributed by atoms with Gasteiger partial charge in [-0.1, -0.05) is 0 Å². The van der Waals surface area contributed by atoms with Gasteiger partial charge in [-0.15, -0.1) is 0 Å². The molecule has 1 aromatic heterocycles. The SMILES string of the molecule is CCN(c1ncc(OCC2CC2)c(C2C(=O)CC(C)=CN2C)n1)S(C)(=O)=O. The summed E-state index contributed by atoms with van der Waals surface area (Å²) in [4.78, 5) is 23.2. The number of sulfonamides is 1. The van der Waals surface area contributed by atoms with E-state index in [0.717, 1.165) is 29.0 Å². The molecule has 1 saturated carbocycles. The van der Waals surface area contributed by atoms with Crippen LogP contribution in [-0.2, 0) is 14.8 Å². The fourth-order valence-electron chi connectivity index (χ4n) is 3.23. The Bertz CT molecular complexity index is 864. The van der Waals surface area contributed by atoms with Crippen LogP contribution < -0.4 is 9.04 Å². The average molecular weight is 394 g/mol. The van der Waals surface area contributed by atoms with Crippen LogP contribution in [0.4, 0.5) is 5.95 Å². The van der Waals surface area contributed by atoms with Gasteiger partial charge in [-0.25, -0.2) is 22.7 Å². The van der Waals surface area contributed by atoms with E-state index in [1.165, 1.54) is 6.20 Å². The van der Waals surface area contributed by atoms with Crippen LogP contribution in [0.25, 0.3) is 0 Å². The van der Waals surface area contributed by atoms with Gasteiger partial charge >= 0.3 is 0 Å². The van der Waals surface area contributed by atoms with Crippen molar-refractivity contribution < 1.29 is 17.9 Å². The van der Waals surface area contributed by atoms with E-state index in [1.807, 2.05) is 20.2 Å². The fourth-order valence-corrected chi connectivity index (χ4v) is 4.08. The molecule has 0 aromatic carbocycles. The molecule has 0 N–H and O–H groups in total. The number of aromatic nitrogens is 2. The zero-order chi connectivity index (χ0) is 19.8. The number of rotatable bonds is 7. The quantitative estimate of drug-likeness (QED) is 0.697. The first-order valence-electron chi connectivity index (χ1n) is 9.10. The maximum Gasteiger partial charge on any atom is 0.239 e. The number of hydrogen-bond acceptors (Lipinski definition) is 7. The topological polar surface area (TPSA) is 92.7 Å². The van der Waals surface area contributed by atoms with Crippen LogP contribution >= 0.6 is 0 Å². The number of ether oxygens (including phenoxy) is 1. The van der Waals surface area contributed by atoms with Crippen molar-refractivity contribution in [2.24, 2.45) is 5.92 Å². The standard InChI is InChI=1S/C18H26N4O4S/c1-5-22(27(4,24)25)18-19-9-15(26-11-13-6-7-13)16(20-18)17-14(23)8-12(2)10-21(17)3/h9-10,13,17H,5-8,11H2,1-4H3. The summed E-state index contributed by atoms with van der Waals surface area (Å²) in [7, 11) is -1.71. The van der Waals surface area contributed by atoms with Crippen LogP contribution in [0.15, 0.2) is 18.0 Å². The molecule has 3 rings (SSSR count). The number of anilines is 1. The van der Waals surface area contributed by atoms with Gasteiger partial charge in [0, 0.05) is 20.0 Å². The fraction of sp³-hybridized carbons (Fsp3) is 0.611. The largest absolute Gasteiger partial charge is 0.490 e. The minimum absolute atomic E-state index is 0.000765. The summed E-state index contributed by atoms with van der Waals surface area (Å²) < 4.78 is 31.1. The Morgan fingerprint density at radius 2 is 2.07 bits per heavy atom. The zero-order valence-electron chi connectivity index (χ0n) is 16.2. The number of carbonyl (C=O) groups excluding carboxylic acids is 1. The molecule has 9 heteroatoms. The van der Waals surface area contributed by atoms with E-state index in [1.54, 1.807) is 11.8 Å². The maximum absolute atomic E-state index is 12.7. The van der Waals surface area contributed by atoms with E-state index in [9.17, 15) is 13.2 Å². The van der Waals surface area contributed by atoms with Crippen molar-refractivity contribution in [2.75, 3.05) is 30.8 Å². The van der Waals surface area contributed by atoms with Gasteiger partial charge in [-0.3, -0.25) is 4.79 Å². The lowest BCUT2D eigenvalue weighted by molar-refractivity contribution is -0.123. The number of likely N-dealkylation sites (N-methyl/N-ethyl adjacent to an activating group) is 1. The smallest absolute Gasteiger partial charge is 0.239 e. The second-order valence-corrected chi connectivity index (χ2v) is 9.19. The Labute approximate surface area is 160 Å². The van der Waals surface area contributed by atoms with E-state index >= 15 is 0 Å². The number of ketones is 1. The number of allylic oxidation sites excluding steroid dienone is 1. The van der Waals surface area contributed by atoms with Crippen LogP contribution in [0.5, 0.6) is 5.75 Å². The molecule has 0 bridgehead atoms. The molecule has 0 amide bonds. The van der Waals surface area contributed by atoms with Crippen molar-refractivity contribution in [1.82, 2.24) is 14.9 Å². The van der Waals surface area contributed by atoms with Crippen LogP contribution in [0, 0.1) is 5.92 Å². The Balaban J connectivity index is 2.03. The molecule has 0 saturated heterocycles. The van der Waals surface area contributed by atoms with Crippen molar-refractivity contribution in [2.45, 2.75) is 39.2 Å². The molecule has 2 heterocycles. The van der Waals surface area contributed by atoms with Gasteiger partial charge in [0.2, 0.25) is 16.0 Å². The molecule has 27 heavy (non-hydrogen) atoms. The number of carbonyl (C=O) groups is 1. The molecule has 8 nitrogen and oxygen atoms in total. The first-order chi connectivity index (χ1) is 12.7. The van der Waals surface area contributed by atoms with Crippen molar-refractivity contribution >= 4 is 21.8 Å². The zero-order valence-corrected chi connectivity index (χ0v) is 17.0. The molecule has 0 spiro atoms. The highest BCUT2D eigenvalue weighted by atomic mass is 32.2. The van der Waals surface area contributed by atoms with E-state index in [0.29, 0.717) is 30.4 Å². The van der Waals surface area contributed by atoms with Crippen molar-refractivity contribution in [3.8, 4) is 5.75 Å². The van der Waals surface area contributed by atoms with Crippen LogP contribution in [0.3, 0.4) is 0 Å². The normalized spacial score (nSPS) is 20.4. The van der Waals surface area contributed by atoms with E-state index in [4.69, 9.17) is 4.74 Å². The van der Waals surface area contributed by atoms with Crippen LogP contribution in [0.2, 0.25) is 0 Å². The van der Waals surface area contributed by atoms with Crippen molar-refractivity contribution in [3.05, 3.63) is 23.7 Å². The lowest BCUT2D eigenvalue weighted by Crippen LogP contribution is -2.34. The van der Waals surface area contributed by atoms with Gasteiger partial charge in [0.15, 0.2) is 11.5 Å². The Morgan fingerprint density at radius 3 is 2.63 bits per heavy atom. The van der Waals surface area contributed by atoms with Gasteiger partial charge < -0.3 is 9.64 Å². The Kier molecular flexibility index (Phi) is 5.41. The summed E-state index contributed by atoms with van der Waals surface area (Å²) in [6, 6.07) is -0.622. The van der Waals surface area contributed by atoms with Gasteiger partial charge in [0.1, 0.15) is 11.7 Å². The molecule has 1 atom stereocenters. The third kappa shape index (κ3) is 4.40. The predicted molar refractivity (Wildman–Crippen MR) is 102 cm³/mol. The van der Waals surface area contributed by atoms with Gasteiger partial charge in [0.05, 0.1) is 19.1 Å². The maximum atomic E-state index is 12.7. The second kappa shape index (κ2) is 7.46.